The first-order valence-electron chi connectivity index (χ1n) is 8.26. The van der Waals surface area contributed by atoms with Crippen molar-refractivity contribution in [1.82, 2.24) is 4.90 Å². The van der Waals surface area contributed by atoms with Gasteiger partial charge in [-0.15, -0.1) is 11.3 Å². The van der Waals surface area contributed by atoms with Crippen LogP contribution in [0.15, 0.2) is 34.3 Å². The lowest BCUT2D eigenvalue weighted by Gasteiger charge is -2.40. The molecule has 23 heavy (non-hydrogen) atoms. The molecule has 3 heterocycles. The molecular weight excluding hydrogens is 310 g/mol. The molecule has 2 aromatic heterocycles. The van der Waals surface area contributed by atoms with Gasteiger partial charge in [0.15, 0.2) is 5.76 Å². The van der Waals surface area contributed by atoms with Crippen molar-refractivity contribution in [2.24, 2.45) is 0 Å². The van der Waals surface area contributed by atoms with Gasteiger partial charge in [0.25, 0.3) is 5.91 Å². The zero-order valence-electron chi connectivity index (χ0n) is 13.2. The second-order valence-corrected chi connectivity index (χ2v) is 7.40. The molecule has 122 valence electrons. The number of furan rings is 1. The summed E-state index contributed by atoms with van der Waals surface area (Å²) < 4.78 is 11.6. The van der Waals surface area contributed by atoms with Gasteiger partial charge in [0, 0.05) is 17.8 Å². The Bertz CT molecular complexity index is 678. The molecule has 0 bridgehead atoms. The standard InChI is InChI=1S/C18H21NO3S/c1-19(18(20)15-7-4-9-21-15)11-16-13-8-10-23-17(13)12-5-2-3-6-14(12)22-16/h4,7-10,12,14,16H,2-3,5-6,11H2,1H3/t12-,14+,16+/m1/s1. The third kappa shape index (κ3) is 2.72. The van der Waals surface area contributed by atoms with Gasteiger partial charge in [0.2, 0.25) is 0 Å². The Balaban J connectivity index is 1.54. The summed E-state index contributed by atoms with van der Waals surface area (Å²) in [5.74, 6) is 0.839. The molecule has 0 N–H and O–H groups in total. The Labute approximate surface area is 140 Å². The molecule has 1 aliphatic heterocycles. The molecule has 0 unspecified atom stereocenters. The van der Waals surface area contributed by atoms with Gasteiger partial charge in [0.1, 0.15) is 6.10 Å². The van der Waals surface area contributed by atoms with Crippen molar-refractivity contribution in [3.05, 3.63) is 46.0 Å². The third-order valence-electron chi connectivity index (χ3n) is 4.97. The van der Waals surface area contributed by atoms with E-state index >= 15 is 0 Å². The SMILES string of the molecule is CN(C[C@@H]1O[C@H]2CCCC[C@H]2c2sccc21)C(=O)c1ccco1. The van der Waals surface area contributed by atoms with Crippen LogP contribution in [0.3, 0.4) is 0 Å². The van der Waals surface area contributed by atoms with Gasteiger partial charge in [0.05, 0.1) is 18.9 Å². The summed E-state index contributed by atoms with van der Waals surface area (Å²) in [4.78, 5) is 15.6. The highest BCUT2D eigenvalue weighted by atomic mass is 32.1. The molecule has 5 heteroatoms. The Morgan fingerprint density at radius 3 is 3.04 bits per heavy atom. The highest BCUT2D eigenvalue weighted by molar-refractivity contribution is 7.10. The maximum atomic E-state index is 12.4. The van der Waals surface area contributed by atoms with Gasteiger partial charge in [-0.1, -0.05) is 12.8 Å². The minimum atomic E-state index is -0.0962. The molecule has 2 aromatic rings. The topological polar surface area (TPSA) is 42.7 Å². The number of fused-ring (bicyclic) bond motifs is 3. The first-order valence-corrected chi connectivity index (χ1v) is 9.13. The molecule has 4 nitrogen and oxygen atoms in total. The number of rotatable bonds is 3. The highest BCUT2D eigenvalue weighted by Gasteiger charge is 2.38. The van der Waals surface area contributed by atoms with E-state index in [4.69, 9.17) is 9.15 Å². The molecule has 4 rings (SSSR count). The van der Waals surface area contributed by atoms with Gasteiger partial charge in [-0.05, 0) is 42.0 Å². The number of hydrogen-bond acceptors (Lipinski definition) is 4. The average molecular weight is 331 g/mol. The lowest BCUT2D eigenvalue weighted by Crippen LogP contribution is -2.38. The average Bonchev–Trinajstić information content (AvgIpc) is 3.26. The number of ether oxygens (including phenoxy) is 1. The third-order valence-corrected chi connectivity index (χ3v) is 6.04. The number of nitrogens with zero attached hydrogens (tertiary/aromatic N) is 1. The number of thiophene rings is 1. The summed E-state index contributed by atoms with van der Waals surface area (Å²) in [7, 11) is 1.81. The fourth-order valence-corrected chi connectivity index (χ4v) is 4.94. The molecule has 1 aliphatic carbocycles. The molecule has 0 aromatic carbocycles. The van der Waals surface area contributed by atoms with Gasteiger partial charge < -0.3 is 14.1 Å². The van der Waals surface area contributed by atoms with Crippen molar-refractivity contribution >= 4 is 17.2 Å². The van der Waals surface area contributed by atoms with Crippen LogP contribution < -0.4 is 0 Å². The summed E-state index contributed by atoms with van der Waals surface area (Å²) >= 11 is 1.85. The molecule has 2 aliphatic rings. The molecular formula is C18H21NO3S. The predicted octanol–water partition coefficient (Wildman–Crippen LogP) is 4.21. The van der Waals surface area contributed by atoms with Gasteiger partial charge >= 0.3 is 0 Å². The van der Waals surface area contributed by atoms with Crippen LogP contribution in [-0.4, -0.2) is 30.5 Å². The number of amides is 1. The van der Waals surface area contributed by atoms with Gasteiger partial charge in [-0.2, -0.15) is 0 Å². The number of carbonyl (C=O) groups excluding carboxylic acids is 1. The van der Waals surface area contributed by atoms with E-state index in [2.05, 4.69) is 11.4 Å². The lowest BCUT2D eigenvalue weighted by molar-refractivity contribution is -0.0636. The van der Waals surface area contributed by atoms with Gasteiger partial charge in [-0.3, -0.25) is 4.79 Å². The Hall–Kier alpha value is -1.59. The van der Waals surface area contributed by atoms with E-state index in [0.717, 1.165) is 6.42 Å². The van der Waals surface area contributed by atoms with E-state index in [9.17, 15) is 4.79 Å². The normalized spacial score (nSPS) is 26.4. The van der Waals surface area contributed by atoms with Crippen LogP contribution in [0.2, 0.25) is 0 Å². The van der Waals surface area contributed by atoms with Crippen LogP contribution in [0.5, 0.6) is 0 Å². The maximum absolute atomic E-state index is 12.4. The largest absolute Gasteiger partial charge is 0.459 e. The zero-order valence-corrected chi connectivity index (χ0v) is 14.1. The van der Waals surface area contributed by atoms with Crippen molar-refractivity contribution in [1.29, 1.82) is 0 Å². The van der Waals surface area contributed by atoms with Crippen molar-refractivity contribution in [2.45, 2.75) is 43.8 Å². The maximum Gasteiger partial charge on any atom is 0.289 e. The Morgan fingerprint density at radius 1 is 1.35 bits per heavy atom. The van der Waals surface area contributed by atoms with E-state index in [1.54, 1.807) is 17.0 Å². The highest BCUT2D eigenvalue weighted by Crippen LogP contribution is 2.47. The van der Waals surface area contributed by atoms with Crippen LogP contribution in [0.4, 0.5) is 0 Å². The molecule has 0 saturated heterocycles. The van der Waals surface area contributed by atoms with Gasteiger partial charge in [-0.25, -0.2) is 0 Å². The second kappa shape index (κ2) is 6.13. The Kier molecular flexibility index (Phi) is 3.99. The monoisotopic (exact) mass is 331 g/mol. The van der Waals surface area contributed by atoms with Crippen molar-refractivity contribution in [2.75, 3.05) is 13.6 Å². The quantitative estimate of drug-likeness (QED) is 0.846. The zero-order chi connectivity index (χ0) is 15.8. The molecule has 0 spiro atoms. The number of carbonyl (C=O) groups is 1. The van der Waals surface area contributed by atoms with Crippen LogP contribution >= 0.6 is 11.3 Å². The fraction of sp³-hybridized carbons (Fsp3) is 0.500. The summed E-state index contributed by atoms with van der Waals surface area (Å²) in [6.45, 7) is 0.562. The van der Waals surface area contributed by atoms with E-state index < -0.39 is 0 Å². The molecule has 3 atom stereocenters. The number of likely N-dealkylation sites (N-methyl/N-ethyl adjacent to an activating group) is 1. The Morgan fingerprint density at radius 2 is 2.22 bits per heavy atom. The minimum Gasteiger partial charge on any atom is -0.459 e. The summed E-state index contributed by atoms with van der Waals surface area (Å²) in [5.41, 5.74) is 1.28. The number of hydrogen-bond donors (Lipinski definition) is 0. The predicted molar refractivity (Wildman–Crippen MR) is 88.8 cm³/mol. The summed E-state index contributed by atoms with van der Waals surface area (Å²) in [6.07, 6.45) is 6.72. The fourth-order valence-electron chi connectivity index (χ4n) is 3.80. The molecule has 1 saturated carbocycles. The lowest BCUT2D eigenvalue weighted by atomic mass is 9.81. The van der Waals surface area contributed by atoms with E-state index in [0.29, 0.717) is 24.3 Å². The molecule has 1 amide bonds. The van der Waals surface area contributed by atoms with E-state index in [-0.39, 0.29) is 12.0 Å². The minimum absolute atomic E-state index is 0.0282. The van der Waals surface area contributed by atoms with Crippen LogP contribution in [-0.2, 0) is 4.74 Å². The van der Waals surface area contributed by atoms with Crippen molar-refractivity contribution in [3.8, 4) is 0 Å². The van der Waals surface area contributed by atoms with Crippen molar-refractivity contribution < 1.29 is 13.9 Å². The molecule has 1 fully saturated rings. The van der Waals surface area contributed by atoms with Crippen LogP contribution in [0.25, 0.3) is 0 Å². The van der Waals surface area contributed by atoms with Crippen LogP contribution in [0, 0.1) is 0 Å². The smallest absolute Gasteiger partial charge is 0.289 e. The van der Waals surface area contributed by atoms with E-state index in [1.165, 1.54) is 36.0 Å². The first kappa shape index (κ1) is 15.0. The molecule has 0 radical (unpaired) electrons. The van der Waals surface area contributed by atoms with E-state index in [1.807, 2.05) is 18.4 Å². The summed E-state index contributed by atoms with van der Waals surface area (Å²) in [5, 5.41) is 2.16. The summed E-state index contributed by atoms with van der Waals surface area (Å²) in [6, 6.07) is 5.61. The van der Waals surface area contributed by atoms with Crippen LogP contribution in [0.1, 0.15) is 58.7 Å². The second-order valence-electron chi connectivity index (χ2n) is 6.46. The first-order chi connectivity index (χ1) is 11.2. The van der Waals surface area contributed by atoms with Crippen molar-refractivity contribution in [3.63, 3.8) is 0 Å².